The molecule has 0 saturated heterocycles. The summed E-state index contributed by atoms with van der Waals surface area (Å²) in [5, 5.41) is 0.794. The van der Waals surface area contributed by atoms with Crippen LogP contribution in [0.3, 0.4) is 0 Å². The molecule has 1 aromatic carbocycles. The first-order valence-corrected chi connectivity index (χ1v) is 5.29. The van der Waals surface area contributed by atoms with Crippen molar-refractivity contribution in [3.05, 3.63) is 40.4 Å². The quantitative estimate of drug-likeness (QED) is 0.606. The van der Waals surface area contributed by atoms with Gasteiger partial charge in [0, 0.05) is 5.56 Å². The van der Waals surface area contributed by atoms with Gasteiger partial charge in [0.05, 0.1) is 16.7 Å². The summed E-state index contributed by atoms with van der Waals surface area (Å²) in [5.74, 6) is 0.164. The van der Waals surface area contributed by atoms with Crippen LogP contribution in [0, 0.1) is 0 Å². The highest BCUT2D eigenvalue weighted by Gasteiger charge is 2.09. The van der Waals surface area contributed by atoms with Gasteiger partial charge in [0.15, 0.2) is 0 Å². The minimum Gasteiger partial charge on any atom is -0.434 e. The molecule has 0 bridgehead atoms. The second kappa shape index (κ2) is 5.77. The highest BCUT2D eigenvalue weighted by Crippen LogP contribution is 2.26. The van der Waals surface area contributed by atoms with Gasteiger partial charge >= 0.3 is 6.16 Å². The molecular weight excluding hydrogens is 251 g/mol. The molecule has 0 radical (unpaired) electrons. The molecule has 5 heteroatoms. The summed E-state index contributed by atoms with van der Waals surface area (Å²) in [7, 11) is 0. The molecular formula is C11H10Cl2O3. The number of carbonyl (C=O) groups is 1. The van der Waals surface area contributed by atoms with E-state index >= 15 is 0 Å². The summed E-state index contributed by atoms with van der Waals surface area (Å²) in [6.45, 7) is 5.52. The third-order valence-electron chi connectivity index (χ3n) is 1.71. The van der Waals surface area contributed by atoms with Gasteiger partial charge in [-0.2, -0.15) is 0 Å². The fourth-order valence-electron chi connectivity index (χ4n) is 0.976. The lowest BCUT2D eigenvalue weighted by Gasteiger charge is -2.07. The number of ether oxygens (including phenoxy) is 2. The third kappa shape index (κ3) is 3.43. The van der Waals surface area contributed by atoms with Crippen molar-refractivity contribution in [2.75, 3.05) is 6.61 Å². The molecule has 0 amide bonds. The van der Waals surface area contributed by atoms with Crippen LogP contribution in [0.15, 0.2) is 24.8 Å². The fraction of sp³-hybridized carbons (Fsp3) is 0.182. The lowest BCUT2D eigenvalue weighted by molar-refractivity contribution is 0.0955. The maximum atomic E-state index is 11.0. The van der Waals surface area contributed by atoms with Gasteiger partial charge in [-0.15, -0.1) is 0 Å². The highest BCUT2D eigenvalue weighted by molar-refractivity contribution is 6.42. The maximum Gasteiger partial charge on any atom is 0.513 e. The van der Waals surface area contributed by atoms with E-state index in [2.05, 4.69) is 11.3 Å². The van der Waals surface area contributed by atoms with Crippen LogP contribution in [0.5, 0.6) is 0 Å². The monoisotopic (exact) mass is 260 g/mol. The molecule has 0 atom stereocenters. The molecule has 3 nitrogen and oxygen atoms in total. The normalized spacial score (nSPS) is 9.69. The Hall–Kier alpha value is -1.19. The van der Waals surface area contributed by atoms with E-state index in [0.29, 0.717) is 15.6 Å². The van der Waals surface area contributed by atoms with Gasteiger partial charge in [-0.1, -0.05) is 29.8 Å². The second-order valence-electron chi connectivity index (χ2n) is 2.84. The van der Waals surface area contributed by atoms with Crippen LogP contribution in [0.4, 0.5) is 4.79 Å². The molecule has 0 fully saturated rings. The van der Waals surface area contributed by atoms with Gasteiger partial charge in [0.1, 0.15) is 5.76 Å². The van der Waals surface area contributed by atoms with E-state index in [1.54, 1.807) is 25.1 Å². The Morgan fingerprint density at radius 1 is 1.38 bits per heavy atom. The average molecular weight is 261 g/mol. The molecule has 0 saturated carbocycles. The Labute approximate surface area is 104 Å². The standard InChI is InChI=1S/C11H10Cl2O3/c1-3-15-11(14)16-7(2)8-4-5-9(12)10(13)6-8/h4-6H,2-3H2,1H3. The van der Waals surface area contributed by atoms with Crippen molar-refractivity contribution in [3.63, 3.8) is 0 Å². The fourth-order valence-corrected chi connectivity index (χ4v) is 1.27. The van der Waals surface area contributed by atoms with Crippen molar-refractivity contribution in [2.24, 2.45) is 0 Å². The number of carbonyl (C=O) groups excluding carboxylic acids is 1. The van der Waals surface area contributed by atoms with Crippen molar-refractivity contribution >= 4 is 35.1 Å². The SMILES string of the molecule is C=C(OC(=O)OCC)c1ccc(Cl)c(Cl)c1. The number of benzene rings is 1. The molecule has 1 rings (SSSR count). The van der Waals surface area contributed by atoms with Gasteiger partial charge in [0.2, 0.25) is 0 Å². The predicted molar refractivity (Wildman–Crippen MR) is 63.6 cm³/mol. The van der Waals surface area contributed by atoms with E-state index in [4.69, 9.17) is 27.9 Å². The first kappa shape index (κ1) is 12.9. The van der Waals surface area contributed by atoms with Crippen molar-refractivity contribution < 1.29 is 14.3 Å². The predicted octanol–water partition coefficient (Wildman–Crippen LogP) is 4.14. The van der Waals surface area contributed by atoms with Gasteiger partial charge in [-0.05, 0) is 25.1 Å². The minimum absolute atomic E-state index is 0.164. The molecule has 1 aromatic rings. The van der Waals surface area contributed by atoms with E-state index in [1.807, 2.05) is 0 Å². The Kier molecular flexibility index (Phi) is 4.65. The smallest absolute Gasteiger partial charge is 0.434 e. The van der Waals surface area contributed by atoms with Crippen LogP contribution >= 0.6 is 23.2 Å². The van der Waals surface area contributed by atoms with Crippen LogP contribution in [-0.2, 0) is 9.47 Å². The number of hydrogen-bond acceptors (Lipinski definition) is 3. The molecule has 0 unspecified atom stereocenters. The highest BCUT2D eigenvalue weighted by atomic mass is 35.5. The summed E-state index contributed by atoms with van der Waals surface area (Å²) in [4.78, 5) is 11.0. The first-order chi connectivity index (χ1) is 7.54. The van der Waals surface area contributed by atoms with Gasteiger partial charge in [0.25, 0.3) is 0 Å². The molecule has 0 N–H and O–H groups in total. The Balaban J connectivity index is 2.73. The molecule has 0 aromatic heterocycles. The summed E-state index contributed by atoms with van der Waals surface area (Å²) in [6, 6.07) is 4.81. The van der Waals surface area contributed by atoms with Crippen LogP contribution in [0.25, 0.3) is 5.76 Å². The van der Waals surface area contributed by atoms with Crippen LogP contribution in [-0.4, -0.2) is 12.8 Å². The van der Waals surface area contributed by atoms with Crippen molar-refractivity contribution in [2.45, 2.75) is 6.92 Å². The molecule has 0 aliphatic rings. The van der Waals surface area contributed by atoms with Crippen molar-refractivity contribution in [1.82, 2.24) is 0 Å². The minimum atomic E-state index is -0.793. The van der Waals surface area contributed by atoms with Gasteiger partial charge in [-0.25, -0.2) is 4.79 Å². The van der Waals surface area contributed by atoms with E-state index in [0.717, 1.165) is 0 Å². The molecule has 0 spiro atoms. The largest absolute Gasteiger partial charge is 0.513 e. The maximum absolute atomic E-state index is 11.0. The molecule has 16 heavy (non-hydrogen) atoms. The number of rotatable bonds is 3. The van der Waals surface area contributed by atoms with Crippen LogP contribution < -0.4 is 0 Å². The lowest BCUT2D eigenvalue weighted by Crippen LogP contribution is -2.05. The zero-order chi connectivity index (χ0) is 12.1. The zero-order valence-electron chi connectivity index (χ0n) is 8.63. The van der Waals surface area contributed by atoms with Crippen molar-refractivity contribution in [1.29, 1.82) is 0 Å². The third-order valence-corrected chi connectivity index (χ3v) is 2.45. The number of hydrogen-bond donors (Lipinski definition) is 0. The molecule has 86 valence electrons. The van der Waals surface area contributed by atoms with Gasteiger partial charge in [-0.3, -0.25) is 0 Å². The summed E-state index contributed by atoms with van der Waals surface area (Å²) < 4.78 is 9.42. The Morgan fingerprint density at radius 2 is 2.06 bits per heavy atom. The topological polar surface area (TPSA) is 35.5 Å². The van der Waals surface area contributed by atoms with Gasteiger partial charge < -0.3 is 9.47 Å². The van der Waals surface area contributed by atoms with Crippen molar-refractivity contribution in [3.8, 4) is 0 Å². The Morgan fingerprint density at radius 3 is 2.62 bits per heavy atom. The summed E-state index contributed by atoms with van der Waals surface area (Å²) in [5.41, 5.74) is 0.572. The molecule has 0 aliphatic carbocycles. The molecule has 0 heterocycles. The van der Waals surface area contributed by atoms with E-state index in [-0.39, 0.29) is 12.4 Å². The average Bonchev–Trinajstić information content (AvgIpc) is 2.22. The zero-order valence-corrected chi connectivity index (χ0v) is 10.1. The summed E-state index contributed by atoms with van der Waals surface area (Å²) in [6.07, 6.45) is -0.793. The van der Waals surface area contributed by atoms with Crippen LogP contribution in [0.2, 0.25) is 10.0 Å². The van der Waals surface area contributed by atoms with E-state index in [9.17, 15) is 4.79 Å². The van der Waals surface area contributed by atoms with Crippen LogP contribution in [0.1, 0.15) is 12.5 Å². The molecule has 0 aliphatic heterocycles. The summed E-state index contributed by atoms with van der Waals surface area (Å²) >= 11 is 11.6. The van der Waals surface area contributed by atoms with E-state index < -0.39 is 6.16 Å². The lowest BCUT2D eigenvalue weighted by atomic mass is 10.2. The first-order valence-electron chi connectivity index (χ1n) is 4.53. The Bertz CT molecular complexity index is 416. The second-order valence-corrected chi connectivity index (χ2v) is 3.65. The van der Waals surface area contributed by atoms with E-state index in [1.165, 1.54) is 0 Å². The number of halogens is 2.